The van der Waals surface area contributed by atoms with Crippen molar-refractivity contribution in [1.82, 2.24) is 0 Å². The van der Waals surface area contributed by atoms with Crippen molar-refractivity contribution in [3.63, 3.8) is 0 Å². The van der Waals surface area contributed by atoms with Crippen LogP contribution in [-0.2, 0) is 4.79 Å². The highest BCUT2D eigenvalue weighted by Gasteiger charge is 2.16. The molecule has 15 heavy (non-hydrogen) atoms. The maximum Gasteiger partial charge on any atom is 0.221 e. The van der Waals surface area contributed by atoms with Crippen molar-refractivity contribution in [1.29, 1.82) is 0 Å². The molecule has 1 N–H and O–H groups in total. The molecule has 0 atom stereocenters. The van der Waals surface area contributed by atoms with Crippen LogP contribution < -0.4 is 14.8 Å². The average molecular weight is 272 g/mol. The fourth-order valence-electron chi connectivity index (χ4n) is 1.39. The molecule has 1 aliphatic heterocycles. The smallest absolute Gasteiger partial charge is 0.221 e. The lowest BCUT2D eigenvalue weighted by atomic mass is 10.2. The second-order valence-corrected chi connectivity index (χ2v) is 4.02. The summed E-state index contributed by atoms with van der Waals surface area (Å²) >= 11 is 3.37. The highest BCUT2D eigenvalue weighted by atomic mass is 79.9. The second-order valence-electron chi connectivity index (χ2n) is 3.16. The van der Waals surface area contributed by atoms with Gasteiger partial charge in [0.2, 0.25) is 5.91 Å². The molecule has 1 aliphatic rings. The van der Waals surface area contributed by atoms with E-state index in [9.17, 15) is 4.79 Å². The summed E-state index contributed by atoms with van der Waals surface area (Å²) in [7, 11) is 0. The average Bonchev–Trinajstić information content (AvgIpc) is 2.16. The molecule has 5 heteroatoms. The minimum atomic E-state index is -0.112. The van der Waals surface area contributed by atoms with Crippen LogP contribution in [0.2, 0.25) is 0 Å². The third kappa shape index (κ3) is 2.23. The Bertz CT molecular complexity index is 406. The van der Waals surface area contributed by atoms with Crippen molar-refractivity contribution in [3.8, 4) is 11.5 Å². The van der Waals surface area contributed by atoms with E-state index in [1.165, 1.54) is 6.92 Å². The van der Waals surface area contributed by atoms with Gasteiger partial charge in [-0.3, -0.25) is 4.79 Å². The number of ether oxygens (including phenoxy) is 2. The minimum Gasteiger partial charge on any atom is -0.486 e. The molecule has 4 nitrogen and oxygen atoms in total. The number of fused-ring (bicyclic) bond motifs is 1. The maximum atomic E-state index is 10.9. The van der Waals surface area contributed by atoms with Gasteiger partial charge in [0.05, 0.1) is 4.47 Å². The first-order valence-corrected chi connectivity index (χ1v) is 5.33. The zero-order valence-corrected chi connectivity index (χ0v) is 9.76. The van der Waals surface area contributed by atoms with Crippen molar-refractivity contribution >= 4 is 27.5 Å². The summed E-state index contributed by atoms with van der Waals surface area (Å²) in [6.07, 6.45) is 0. The van der Waals surface area contributed by atoms with E-state index < -0.39 is 0 Å². The van der Waals surface area contributed by atoms with Crippen molar-refractivity contribution < 1.29 is 14.3 Å². The molecule has 0 aliphatic carbocycles. The van der Waals surface area contributed by atoms with Gasteiger partial charge in [-0.2, -0.15) is 0 Å². The van der Waals surface area contributed by atoms with Crippen LogP contribution in [0.3, 0.4) is 0 Å². The van der Waals surface area contributed by atoms with E-state index >= 15 is 0 Å². The maximum absolute atomic E-state index is 10.9. The Morgan fingerprint density at radius 3 is 2.87 bits per heavy atom. The van der Waals surface area contributed by atoms with Gasteiger partial charge in [-0.05, 0) is 22.0 Å². The van der Waals surface area contributed by atoms with Crippen molar-refractivity contribution in [2.24, 2.45) is 0 Å². The normalized spacial score (nSPS) is 13.5. The highest BCUT2D eigenvalue weighted by molar-refractivity contribution is 9.10. The predicted octanol–water partition coefficient (Wildman–Crippen LogP) is 2.18. The van der Waals surface area contributed by atoms with Gasteiger partial charge < -0.3 is 14.8 Å². The Morgan fingerprint density at radius 1 is 1.40 bits per heavy atom. The van der Waals surface area contributed by atoms with Crippen LogP contribution in [0.5, 0.6) is 11.5 Å². The third-order valence-electron chi connectivity index (χ3n) is 1.92. The molecule has 2 rings (SSSR count). The lowest BCUT2D eigenvalue weighted by Gasteiger charge is -2.20. The molecule has 0 saturated heterocycles. The van der Waals surface area contributed by atoms with E-state index in [0.29, 0.717) is 30.4 Å². The second kappa shape index (κ2) is 4.10. The number of benzene rings is 1. The van der Waals surface area contributed by atoms with Crippen LogP contribution in [0.4, 0.5) is 5.69 Å². The minimum absolute atomic E-state index is 0.112. The first-order chi connectivity index (χ1) is 7.16. The van der Waals surface area contributed by atoms with Gasteiger partial charge in [-0.25, -0.2) is 0 Å². The molecular formula is C10H10BrNO3. The van der Waals surface area contributed by atoms with Gasteiger partial charge >= 0.3 is 0 Å². The molecule has 0 aromatic heterocycles. The Labute approximate surface area is 95.7 Å². The molecule has 1 aromatic carbocycles. The SMILES string of the molecule is CC(=O)Nc1cc(Br)c2c(c1)OCCO2. The lowest BCUT2D eigenvalue weighted by molar-refractivity contribution is -0.114. The Morgan fingerprint density at radius 2 is 2.13 bits per heavy atom. The molecule has 0 spiro atoms. The van der Waals surface area contributed by atoms with Gasteiger partial charge in [0, 0.05) is 18.7 Å². The number of carbonyl (C=O) groups excluding carboxylic acids is 1. The molecule has 0 unspecified atom stereocenters. The topological polar surface area (TPSA) is 47.6 Å². The number of halogens is 1. The van der Waals surface area contributed by atoms with Crippen LogP contribution in [0.15, 0.2) is 16.6 Å². The molecular weight excluding hydrogens is 262 g/mol. The van der Waals surface area contributed by atoms with Crippen LogP contribution in [0.1, 0.15) is 6.92 Å². The van der Waals surface area contributed by atoms with E-state index in [1.54, 1.807) is 12.1 Å². The summed E-state index contributed by atoms with van der Waals surface area (Å²) in [6.45, 7) is 2.54. The molecule has 0 bridgehead atoms. The molecule has 1 aromatic rings. The Kier molecular flexibility index (Phi) is 2.81. The van der Waals surface area contributed by atoms with Crippen molar-refractivity contribution in [2.45, 2.75) is 6.92 Å². The van der Waals surface area contributed by atoms with Gasteiger partial charge in [-0.15, -0.1) is 0 Å². The number of hydrogen-bond donors (Lipinski definition) is 1. The zero-order valence-electron chi connectivity index (χ0n) is 8.17. The van der Waals surface area contributed by atoms with Crippen molar-refractivity contribution in [3.05, 3.63) is 16.6 Å². The van der Waals surface area contributed by atoms with Gasteiger partial charge in [0.1, 0.15) is 13.2 Å². The number of anilines is 1. The number of amides is 1. The first kappa shape index (κ1) is 10.3. The molecule has 1 heterocycles. The largest absolute Gasteiger partial charge is 0.486 e. The quantitative estimate of drug-likeness (QED) is 0.852. The third-order valence-corrected chi connectivity index (χ3v) is 2.51. The molecule has 0 fully saturated rings. The summed E-state index contributed by atoms with van der Waals surface area (Å²) in [5.74, 6) is 1.23. The predicted molar refractivity (Wildman–Crippen MR) is 59.4 cm³/mol. The van der Waals surface area contributed by atoms with Gasteiger partial charge in [0.25, 0.3) is 0 Å². The fourth-order valence-corrected chi connectivity index (χ4v) is 1.94. The summed E-state index contributed by atoms with van der Waals surface area (Å²) in [4.78, 5) is 10.9. The number of carbonyl (C=O) groups is 1. The number of nitrogens with one attached hydrogen (secondary N) is 1. The van der Waals surface area contributed by atoms with E-state index in [4.69, 9.17) is 9.47 Å². The van der Waals surface area contributed by atoms with E-state index in [1.807, 2.05) is 0 Å². The van der Waals surface area contributed by atoms with E-state index in [2.05, 4.69) is 21.2 Å². The summed E-state index contributed by atoms with van der Waals surface area (Å²) in [5, 5.41) is 2.69. The van der Waals surface area contributed by atoms with Crippen LogP contribution in [-0.4, -0.2) is 19.1 Å². The zero-order chi connectivity index (χ0) is 10.8. The van der Waals surface area contributed by atoms with Crippen LogP contribution >= 0.6 is 15.9 Å². The van der Waals surface area contributed by atoms with Crippen LogP contribution in [0, 0.1) is 0 Å². The molecule has 0 saturated carbocycles. The Hall–Kier alpha value is -1.23. The van der Waals surface area contributed by atoms with E-state index in [0.717, 1.165) is 4.47 Å². The van der Waals surface area contributed by atoms with Gasteiger partial charge in [0.15, 0.2) is 11.5 Å². The summed E-state index contributed by atoms with van der Waals surface area (Å²) in [6, 6.07) is 3.54. The van der Waals surface area contributed by atoms with Gasteiger partial charge in [-0.1, -0.05) is 0 Å². The molecule has 0 radical (unpaired) electrons. The first-order valence-electron chi connectivity index (χ1n) is 4.53. The molecule has 1 amide bonds. The highest BCUT2D eigenvalue weighted by Crippen LogP contribution is 2.39. The fraction of sp³-hybridized carbons (Fsp3) is 0.300. The standard InChI is InChI=1S/C10H10BrNO3/c1-6(13)12-7-4-8(11)10-9(5-7)14-2-3-15-10/h4-5H,2-3H2,1H3,(H,12,13). The van der Waals surface area contributed by atoms with Crippen molar-refractivity contribution in [2.75, 3.05) is 18.5 Å². The summed E-state index contributed by atoms with van der Waals surface area (Å²) in [5.41, 5.74) is 0.693. The number of hydrogen-bond acceptors (Lipinski definition) is 3. The summed E-state index contributed by atoms with van der Waals surface area (Å²) < 4.78 is 11.6. The number of rotatable bonds is 1. The van der Waals surface area contributed by atoms with Crippen LogP contribution in [0.25, 0.3) is 0 Å². The monoisotopic (exact) mass is 271 g/mol. The van der Waals surface area contributed by atoms with E-state index in [-0.39, 0.29) is 5.91 Å². The molecule has 80 valence electrons. The lowest BCUT2D eigenvalue weighted by Crippen LogP contribution is -2.16. The Balaban J connectivity index is 2.36.